The summed E-state index contributed by atoms with van der Waals surface area (Å²) in [5.41, 5.74) is 1.29. The fourth-order valence-electron chi connectivity index (χ4n) is 2.53. The Kier molecular flexibility index (Phi) is 4.25. The molecule has 2 aliphatic rings. The summed E-state index contributed by atoms with van der Waals surface area (Å²) in [6, 6.07) is 4.16. The van der Waals surface area contributed by atoms with Crippen molar-refractivity contribution in [1.82, 2.24) is 10.2 Å². The molecule has 4 nitrogen and oxygen atoms in total. The molecule has 5 heteroatoms. The summed E-state index contributed by atoms with van der Waals surface area (Å²) in [7, 11) is 0. The van der Waals surface area contributed by atoms with Crippen LogP contribution in [0.1, 0.15) is 5.56 Å². The molecule has 2 aliphatic heterocycles. The van der Waals surface area contributed by atoms with Gasteiger partial charge in [-0.15, -0.1) is 0 Å². The van der Waals surface area contributed by atoms with E-state index in [9.17, 15) is 0 Å². The number of piperazine rings is 1. The summed E-state index contributed by atoms with van der Waals surface area (Å²) in [5, 5.41) is 3.38. The van der Waals surface area contributed by atoms with Gasteiger partial charge in [0.15, 0.2) is 11.5 Å². The smallest absolute Gasteiger partial charge is 0.175 e. The first kappa shape index (κ1) is 13.2. The van der Waals surface area contributed by atoms with Gasteiger partial charge in [-0.2, -0.15) is 0 Å². The second-order valence-corrected chi connectivity index (χ2v) is 5.70. The maximum atomic E-state index is 5.69. The van der Waals surface area contributed by atoms with Gasteiger partial charge in [0.25, 0.3) is 0 Å². The third-order valence-corrected chi connectivity index (χ3v) is 4.50. The second-order valence-electron chi connectivity index (χ2n) is 4.90. The van der Waals surface area contributed by atoms with Crippen LogP contribution in [-0.2, 0) is 6.42 Å². The Bertz CT molecular complexity index is 447. The SMILES string of the molecule is Brc1c(CCN2CCNCC2)ccc2c1OCCO2. The number of fused-ring (bicyclic) bond motifs is 1. The highest BCUT2D eigenvalue weighted by Crippen LogP contribution is 2.39. The molecule has 0 unspecified atom stereocenters. The number of nitrogens with zero attached hydrogens (tertiary/aromatic N) is 1. The van der Waals surface area contributed by atoms with Crippen molar-refractivity contribution in [1.29, 1.82) is 0 Å². The Morgan fingerprint density at radius 1 is 1.16 bits per heavy atom. The van der Waals surface area contributed by atoms with E-state index in [4.69, 9.17) is 9.47 Å². The molecule has 1 saturated heterocycles. The zero-order valence-electron chi connectivity index (χ0n) is 11.0. The van der Waals surface area contributed by atoms with E-state index >= 15 is 0 Å². The number of hydrogen-bond donors (Lipinski definition) is 1. The third-order valence-electron chi connectivity index (χ3n) is 3.64. The zero-order chi connectivity index (χ0) is 13.1. The Labute approximate surface area is 122 Å². The topological polar surface area (TPSA) is 33.7 Å². The van der Waals surface area contributed by atoms with Crippen LogP contribution in [0.2, 0.25) is 0 Å². The molecule has 0 spiro atoms. The van der Waals surface area contributed by atoms with Gasteiger partial charge in [0.05, 0.1) is 4.47 Å². The molecule has 0 amide bonds. The van der Waals surface area contributed by atoms with E-state index in [1.165, 1.54) is 5.56 Å². The fraction of sp³-hybridized carbons (Fsp3) is 0.571. The Morgan fingerprint density at radius 2 is 1.95 bits per heavy atom. The Hall–Kier alpha value is -0.780. The van der Waals surface area contributed by atoms with E-state index in [1.807, 2.05) is 6.07 Å². The number of rotatable bonds is 3. The lowest BCUT2D eigenvalue weighted by Crippen LogP contribution is -2.44. The first-order valence-corrected chi connectivity index (χ1v) is 7.64. The Morgan fingerprint density at radius 3 is 2.79 bits per heavy atom. The van der Waals surface area contributed by atoms with Gasteiger partial charge in [-0.05, 0) is 34.0 Å². The molecule has 0 atom stereocenters. The van der Waals surface area contributed by atoms with Gasteiger partial charge in [0.1, 0.15) is 13.2 Å². The van der Waals surface area contributed by atoms with Crippen LogP contribution < -0.4 is 14.8 Å². The molecule has 0 aliphatic carbocycles. The van der Waals surface area contributed by atoms with E-state index in [1.54, 1.807) is 0 Å². The minimum Gasteiger partial charge on any atom is -0.486 e. The van der Waals surface area contributed by atoms with Crippen LogP contribution in [0.15, 0.2) is 16.6 Å². The lowest BCUT2D eigenvalue weighted by molar-refractivity contribution is 0.170. The molecule has 2 heterocycles. The predicted molar refractivity (Wildman–Crippen MR) is 78.1 cm³/mol. The van der Waals surface area contributed by atoms with Crippen LogP contribution >= 0.6 is 15.9 Å². The standard InChI is InChI=1S/C14H19BrN2O2/c15-13-11(3-6-17-7-4-16-5-8-17)1-2-12-14(13)19-10-9-18-12/h1-2,16H,3-10H2. The normalized spacial score (nSPS) is 19.4. The van der Waals surface area contributed by atoms with Crippen molar-refractivity contribution in [3.05, 3.63) is 22.2 Å². The van der Waals surface area contributed by atoms with Crippen LogP contribution in [0.5, 0.6) is 11.5 Å². The minimum absolute atomic E-state index is 0.632. The highest BCUT2D eigenvalue weighted by Gasteiger charge is 2.18. The summed E-state index contributed by atoms with van der Waals surface area (Å²) >= 11 is 3.66. The van der Waals surface area contributed by atoms with Crippen LogP contribution in [-0.4, -0.2) is 50.8 Å². The monoisotopic (exact) mass is 326 g/mol. The lowest BCUT2D eigenvalue weighted by atomic mass is 10.1. The second kappa shape index (κ2) is 6.11. The van der Waals surface area contributed by atoms with E-state index < -0.39 is 0 Å². The van der Waals surface area contributed by atoms with Gasteiger partial charge in [-0.25, -0.2) is 0 Å². The molecular formula is C14H19BrN2O2. The van der Waals surface area contributed by atoms with Gasteiger partial charge in [0.2, 0.25) is 0 Å². The van der Waals surface area contributed by atoms with E-state index in [0.717, 1.165) is 55.1 Å². The van der Waals surface area contributed by atoms with Gasteiger partial charge < -0.3 is 19.7 Å². The van der Waals surface area contributed by atoms with E-state index in [-0.39, 0.29) is 0 Å². The van der Waals surface area contributed by atoms with E-state index in [2.05, 4.69) is 32.2 Å². The highest BCUT2D eigenvalue weighted by molar-refractivity contribution is 9.10. The molecule has 104 valence electrons. The maximum absolute atomic E-state index is 5.69. The van der Waals surface area contributed by atoms with Gasteiger partial charge in [-0.3, -0.25) is 0 Å². The number of halogens is 1. The van der Waals surface area contributed by atoms with Crippen molar-refractivity contribution in [3.63, 3.8) is 0 Å². The van der Waals surface area contributed by atoms with Crippen molar-refractivity contribution < 1.29 is 9.47 Å². The van der Waals surface area contributed by atoms with Crippen molar-refractivity contribution in [2.75, 3.05) is 45.9 Å². The first-order valence-electron chi connectivity index (χ1n) is 6.84. The van der Waals surface area contributed by atoms with Crippen LogP contribution in [0.25, 0.3) is 0 Å². The molecule has 0 radical (unpaired) electrons. The third kappa shape index (κ3) is 3.04. The van der Waals surface area contributed by atoms with Crippen LogP contribution in [0.3, 0.4) is 0 Å². The summed E-state index contributed by atoms with van der Waals surface area (Å²) < 4.78 is 12.3. The van der Waals surface area contributed by atoms with Gasteiger partial charge in [-0.1, -0.05) is 6.07 Å². The van der Waals surface area contributed by atoms with Crippen LogP contribution in [0.4, 0.5) is 0 Å². The molecular weight excluding hydrogens is 308 g/mol. The van der Waals surface area contributed by atoms with Crippen molar-refractivity contribution >= 4 is 15.9 Å². The summed E-state index contributed by atoms with van der Waals surface area (Å²) in [6.07, 6.45) is 1.04. The molecule has 0 aromatic heterocycles. The average Bonchev–Trinajstić information content (AvgIpc) is 2.48. The van der Waals surface area contributed by atoms with Crippen molar-refractivity contribution in [3.8, 4) is 11.5 Å². The maximum Gasteiger partial charge on any atom is 0.175 e. The number of hydrogen-bond acceptors (Lipinski definition) is 4. The highest BCUT2D eigenvalue weighted by atomic mass is 79.9. The summed E-state index contributed by atoms with van der Waals surface area (Å²) in [5.74, 6) is 1.72. The number of ether oxygens (including phenoxy) is 2. The molecule has 1 N–H and O–H groups in total. The quantitative estimate of drug-likeness (QED) is 0.916. The van der Waals surface area contributed by atoms with Crippen LogP contribution in [0, 0.1) is 0 Å². The van der Waals surface area contributed by atoms with Crippen molar-refractivity contribution in [2.24, 2.45) is 0 Å². The fourth-order valence-corrected chi connectivity index (χ4v) is 3.17. The molecule has 19 heavy (non-hydrogen) atoms. The summed E-state index contributed by atoms with van der Waals surface area (Å²) in [4.78, 5) is 2.50. The molecule has 1 aromatic carbocycles. The average molecular weight is 327 g/mol. The molecule has 0 saturated carbocycles. The minimum atomic E-state index is 0.632. The molecule has 0 bridgehead atoms. The van der Waals surface area contributed by atoms with Gasteiger partial charge >= 0.3 is 0 Å². The van der Waals surface area contributed by atoms with E-state index in [0.29, 0.717) is 13.2 Å². The zero-order valence-corrected chi connectivity index (χ0v) is 12.5. The van der Waals surface area contributed by atoms with Gasteiger partial charge in [0, 0.05) is 32.7 Å². The molecule has 1 fully saturated rings. The predicted octanol–water partition coefficient (Wildman–Crippen LogP) is 1.67. The lowest BCUT2D eigenvalue weighted by Gasteiger charge is -2.27. The first-order chi connectivity index (χ1) is 9.34. The van der Waals surface area contributed by atoms with Crippen molar-refractivity contribution in [2.45, 2.75) is 6.42 Å². The number of nitrogens with one attached hydrogen (secondary N) is 1. The summed E-state index contributed by atoms with van der Waals surface area (Å²) in [6.45, 7) is 6.85. The molecule has 3 rings (SSSR count). The largest absolute Gasteiger partial charge is 0.486 e. The Balaban J connectivity index is 1.67. The number of benzene rings is 1. The molecule has 1 aromatic rings.